The predicted molar refractivity (Wildman–Crippen MR) is 79.2 cm³/mol. The molecule has 4 heterocycles. The molecule has 1 atom stereocenters. The fourth-order valence-corrected chi connectivity index (χ4v) is 3.02. The zero-order valence-electron chi connectivity index (χ0n) is 12.0. The van der Waals surface area contributed by atoms with Crippen LogP contribution < -0.4 is 0 Å². The number of H-pyrrole nitrogens is 1. The summed E-state index contributed by atoms with van der Waals surface area (Å²) >= 11 is 0. The lowest BCUT2D eigenvalue weighted by Crippen LogP contribution is -2.39. The molecular weight excluding hydrogens is 280 g/mol. The summed E-state index contributed by atoms with van der Waals surface area (Å²) in [5.74, 6) is 0.696. The monoisotopic (exact) mass is 296 g/mol. The van der Waals surface area contributed by atoms with E-state index in [1.165, 1.54) is 6.33 Å². The molecule has 1 amide bonds. The number of carbonyl (C=O) groups is 1. The molecule has 4 rings (SSSR count). The lowest BCUT2D eigenvalue weighted by atomic mass is 10.0. The average Bonchev–Trinajstić information content (AvgIpc) is 3.23. The van der Waals surface area contributed by atoms with Crippen molar-refractivity contribution in [1.29, 1.82) is 0 Å². The number of nitrogens with one attached hydrogen (secondary N) is 1. The second-order valence-electron chi connectivity index (χ2n) is 5.47. The molecular formula is C15H16N6O. The average molecular weight is 296 g/mol. The van der Waals surface area contributed by atoms with Crippen LogP contribution in [0, 0.1) is 0 Å². The van der Waals surface area contributed by atoms with Gasteiger partial charge in [-0.3, -0.25) is 9.89 Å². The predicted octanol–water partition coefficient (Wildman–Crippen LogP) is 1.82. The number of hydrogen-bond donors (Lipinski definition) is 1. The first-order valence-electron chi connectivity index (χ1n) is 7.43. The van der Waals surface area contributed by atoms with Crippen molar-refractivity contribution >= 4 is 11.6 Å². The first-order chi connectivity index (χ1) is 10.8. The number of piperidine rings is 1. The minimum Gasteiger partial charge on any atom is -0.327 e. The number of amides is 1. The molecule has 1 fully saturated rings. The number of nitrogens with zero attached hydrogens (tertiary/aromatic N) is 5. The van der Waals surface area contributed by atoms with E-state index in [1.54, 1.807) is 6.20 Å². The highest BCUT2D eigenvalue weighted by molar-refractivity contribution is 5.93. The molecule has 0 aromatic carbocycles. The Balaban J connectivity index is 1.67. The number of hydrogen-bond acceptors (Lipinski definition) is 4. The number of fused-ring (bicyclic) bond motifs is 1. The van der Waals surface area contributed by atoms with E-state index >= 15 is 0 Å². The van der Waals surface area contributed by atoms with Crippen molar-refractivity contribution < 1.29 is 4.79 Å². The summed E-state index contributed by atoms with van der Waals surface area (Å²) in [6.07, 6.45) is 8.14. The summed E-state index contributed by atoms with van der Waals surface area (Å²) in [6, 6.07) is 5.67. The fraction of sp³-hybridized carbons (Fsp3) is 0.333. The van der Waals surface area contributed by atoms with E-state index in [2.05, 4.69) is 20.2 Å². The maximum absolute atomic E-state index is 12.9. The third-order valence-electron chi connectivity index (χ3n) is 4.10. The zero-order chi connectivity index (χ0) is 14.9. The molecule has 112 valence electrons. The van der Waals surface area contributed by atoms with Crippen LogP contribution >= 0.6 is 0 Å². The lowest BCUT2D eigenvalue weighted by Gasteiger charge is -2.33. The Kier molecular flexibility index (Phi) is 3.10. The molecule has 7 nitrogen and oxygen atoms in total. The van der Waals surface area contributed by atoms with Gasteiger partial charge in [0.15, 0.2) is 0 Å². The molecule has 1 aliphatic heterocycles. The largest absolute Gasteiger partial charge is 0.327 e. The van der Waals surface area contributed by atoms with Crippen LogP contribution in [0.3, 0.4) is 0 Å². The van der Waals surface area contributed by atoms with Crippen molar-refractivity contribution in [1.82, 2.24) is 29.5 Å². The van der Waals surface area contributed by atoms with Crippen LogP contribution in [-0.2, 0) is 0 Å². The van der Waals surface area contributed by atoms with E-state index < -0.39 is 0 Å². The van der Waals surface area contributed by atoms with Crippen LogP contribution in [0.2, 0.25) is 0 Å². The smallest absolute Gasteiger partial charge is 0.274 e. The highest BCUT2D eigenvalue weighted by Gasteiger charge is 2.31. The van der Waals surface area contributed by atoms with Crippen molar-refractivity contribution in [2.24, 2.45) is 0 Å². The molecule has 1 N–H and O–H groups in total. The first-order valence-corrected chi connectivity index (χ1v) is 7.43. The van der Waals surface area contributed by atoms with Crippen LogP contribution in [0.15, 0.2) is 36.9 Å². The second-order valence-corrected chi connectivity index (χ2v) is 5.47. The molecule has 0 spiro atoms. The Bertz CT molecular complexity index is 760. The van der Waals surface area contributed by atoms with Crippen molar-refractivity contribution in [3.05, 3.63) is 48.4 Å². The van der Waals surface area contributed by atoms with Gasteiger partial charge in [0.2, 0.25) is 0 Å². The molecule has 7 heteroatoms. The molecule has 0 radical (unpaired) electrons. The molecule has 3 aromatic rings. The van der Waals surface area contributed by atoms with Crippen molar-refractivity contribution in [3.63, 3.8) is 0 Å². The Morgan fingerprint density at radius 3 is 3.09 bits per heavy atom. The van der Waals surface area contributed by atoms with E-state index in [-0.39, 0.29) is 11.9 Å². The fourth-order valence-electron chi connectivity index (χ4n) is 3.02. The Labute approximate surface area is 127 Å². The topological polar surface area (TPSA) is 79.2 Å². The first kappa shape index (κ1) is 13.0. The molecule has 22 heavy (non-hydrogen) atoms. The summed E-state index contributed by atoms with van der Waals surface area (Å²) in [7, 11) is 0. The Morgan fingerprint density at radius 2 is 2.27 bits per heavy atom. The van der Waals surface area contributed by atoms with Crippen LogP contribution in [0.25, 0.3) is 5.65 Å². The summed E-state index contributed by atoms with van der Waals surface area (Å²) in [4.78, 5) is 23.4. The van der Waals surface area contributed by atoms with Crippen molar-refractivity contribution in [2.45, 2.75) is 25.3 Å². The quantitative estimate of drug-likeness (QED) is 0.782. The molecule has 0 bridgehead atoms. The number of carbonyl (C=O) groups excluding carboxylic acids is 1. The van der Waals surface area contributed by atoms with Gasteiger partial charge in [-0.25, -0.2) is 9.97 Å². The normalized spacial score (nSPS) is 18.7. The van der Waals surface area contributed by atoms with Crippen LogP contribution in [0.4, 0.5) is 0 Å². The van der Waals surface area contributed by atoms with E-state index in [0.29, 0.717) is 5.69 Å². The van der Waals surface area contributed by atoms with Crippen LogP contribution in [-0.4, -0.2) is 41.9 Å². The number of aromatic amines is 1. The molecule has 0 aliphatic carbocycles. The number of pyridine rings is 1. The highest BCUT2D eigenvalue weighted by atomic mass is 16.2. The maximum Gasteiger partial charge on any atom is 0.274 e. The lowest BCUT2D eigenvalue weighted by molar-refractivity contribution is 0.0595. The van der Waals surface area contributed by atoms with E-state index in [0.717, 1.165) is 37.3 Å². The van der Waals surface area contributed by atoms with Gasteiger partial charge in [0.1, 0.15) is 23.5 Å². The number of rotatable bonds is 2. The van der Waals surface area contributed by atoms with Crippen LogP contribution in [0.1, 0.15) is 41.6 Å². The summed E-state index contributed by atoms with van der Waals surface area (Å²) in [5.41, 5.74) is 1.25. The van der Waals surface area contributed by atoms with E-state index in [9.17, 15) is 4.79 Å². The number of likely N-dealkylation sites (tertiary alicyclic amines) is 1. The van der Waals surface area contributed by atoms with E-state index in [1.807, 2.05) is 33.7 Å². The minimum absolute atomic E-state index is 0.0476. The van der Waals surface area contributed by atoms with Crippen molar-refractivity contribution in [3.8, 4) is 0 Å². The second kappa shape index (κ2) is 5.25. The number of imidazole rings is 1. The van der Waals surface area contributed by atoms with Gasteiger partial charge in [-0.1, -0.05) is 6.07 Å². The molecule has 3 aromatic heterocycles. The third-order valence-corrected chi connectivity index (χ3v) is 4.10. The van der Waals surface area contributed by atoms with Gasteiger partial charge < -0.3 is 9.30 Å². The minimum atomic E-state index is -0.0511. The van der Waals surface area contributed by atoms with Crippen LogP contribution in [0.5, 0.6) is 0 Å². The number of aromatic nitrogens is 5. The highest BCUT2D eigenvalue weighted by Crippen LogP contribution is 2.29. The summed E-state index contributed by atoms with van der Waals surface area (Å²) in [5, 5.41) is 6.79. The molecule has 1 aliphatic rings. The zero-order valence-corrected chi connectivity index (χ0v) is 12.0. The summed E-state index contributed by atoms with van der Waals surface area (Å²) < 4.78 is 1.86. The van der Waals surface area contributed by atoms with Gasteiger partial charge in [0, 0.05) is 18.9 Å². The van der Waals surface area contributed by atoms with Gasteiger partial charge in [0.05, 0.1) is 6.04 Å². The maximum atomic E-state index is 12.9. The Morgan fingerprint density at radius 1 is 1.32 bits per heavy atom. The van der Waals surface area contributed by atoms with Gasteiger partial charge in [-0.15, -0.1) is 0 Å². The summed E-state index contributed by atoms with van der Waals surface area (Å²) in [6.45, 7) is 0.720. The standard InChI is InChI=1S/C15H16N6O/c22-15(11-9-20-7-3-2-6-13(20)18-11)21-8-4-1-5-12(21)14-16-10-17-19-14/h2-3,6-7,9-10,12H,1,4-5,8H2,(H,16,17,19)/t12-/m1/s1. The van der Waals surface area contributed by atoms with E-state index in [4.69, 9.17) is 0 Å². The van der Waals surface area contributed by atoms with Gasteiger partial charge in [0.25, 0.3) is 5.91 Å². The molecule has 0 unspecified atom stereocenters. The third kappa shape index (κ3) is 2.14. The van der Waals surface area contributed by atoms with Crippen molar-refractivity contribution in [2.75, 3.05) is 6.54 Å². The molecule has 0 saturated carbocycles. The van der Waals surface area contributed by atoms with Gasteiger partial charge >= 0.3 is 0 Å². The van der Waals surface area contributed by atoms with Gasteiger partial charge in [-0.2, -0.15) is 5.10 Å². The van der Waals surface area contributed by atoms with Gasteiger partial charge in [-0.05, 0) is 31.4 Å². The Hall–Kier alpha value is -2.70. The SMILES string of the molecule is O=C(c1cn2ccccc2n1)N1CCCC[C@@H]1c1ncn[nH]1. The molecule has 1 saturated heterocycles.